The molecule has 0 amide bonds. The van der Waals surface area contributed by atoms with Gasteiger partial charge in [0.25, 0.3) is 0 Å². The molecule has 3 rings (SSSR count). The lowest BCUT2D eigenvalue weighted by molar-refractivity contribution is 0.324. The van der Waals surface area contributed by atoms with E-state index < -0.39 is 0 Å². The minimum Gasteiger partial charge on any atom is -0.364 e. The quantitative estimate of drug-likeness (QED) is 0.314. The number of anilines is 1. The molecule has 1 aliphatic carbocycles. The number of nitrogens with zero attached hydrogens (tertiary/aromatic N) is 2. The van der Waals surface area contributed by atoms with Gasteiger partial charge < -0.3 is 15.5 Å². The summed E-state index contributed by atoms with van der Waals surface area (Å²) in [6.07, 6.45) is 9.63. The molecule has 2 N–H and O–H groups in total. The zero-order valence-corrected chi connectivity index (χ0v) is 17.7. The maximum atomic E-state index is 4.40. The highest BCUT2D eigenvalue weighted by atomic mass is 127. The molecule has 2 atom stereocenters. The molecule has 1 aromatic rings. The molecule has 138 valence electrons. The summed E-state index contributed by atoms with van der Waals surface area (Å²) in [5, 5.41) is 7.06. The van der Waals surface area contributed by atoms with Crippen molar-refractivity contribution in [1.29, 1.82) is 0 Å². The number of guanidine groups is 1. The van der Waals surface area contributed by atoms with Crippen LogP contribution in [-0.4, -0.2) is 32.1 Å². The van der Waals surface area contributed by atoms with E-state index in [1.165, 1.54) is 36.9 Å². The zero-order valence-electron chi connectivity index (χ0n) is 15.4. The summed E-state index contributed by atoms with van der Waals surface area (Å²) < 4.78 is 0. The fourth-order valence-electron chi connectivity index (χ4n) is 3.69. The Morgan fingerprint density at radius 2 is 2.04 bits per heavy atom. The van der Waals surface area contributed by atoms with Crippen LogP contribution in [0, 0.1) is 5.92 Å². The number of rotatable bonds is 4. The molecule has 1 saturated carbocycles. The van der Waals surface area contributed by atoms with Crippen molar-refractivity contribution in [3.05, 3.63) is 42.0 Å². The Bertz CT molecular complexity index is 591. The third-order valence-corrected chi connectivity index (χ3v) is 5.05. The van der Waals surface area contributed by atoms with Crippen molar-refractivity contribution in [3.63, 3.8) is 0 Å². The van der Waals surface area contributed by atoms with Crippen molar-refractivity contribution in [2.24, 2.45) is 10.9 Å². The highest BCUT2D eigenvalue weighted by Crippen LogP contribution is 2.23. The normalized spacial score (nSPS) is 23.3. The molecule has 2 unspecified atom stereocenters. The predicted octanol–water partition coefficient (Wildman–Crippen LogP) is 3.92. The van der Waals surface area contributed by atoms with E-state index in [9.17, 15) is 0 Å². The smallest absolute Gasteiger partial charge is 0.191 e. The number of nitrogens with one attached hydrogen (secondary N) is 2. The molecule has 0 saturated heterocycles. The van der Waals surface area contributed by atoms with Crippen molar-refractivity contribution < 1.29 is 0 Å². The fraction of sp³-hybridized carbons (Fsp3) is 0.550. The van der Waals surface area contributed by atoms with Crippen LogP contribution in [0.1, 0.15) is 38.2 Å². The molecular weight excluding hydrogens is 423 g/mol. The van der Waals surface area contributed by atoms with Gasteiger partial charge in [-0.3, -0.25) is 4.99 Å². The molecule has 1 heterocycles. The first-order valence-corrected chi connectivity index (χ1v) is 9.20. The third-order valence-electron chi connectivity index (χ3n) is 5.05. The van der Waals surface area contributed by atoms with Gasteiger partial charge in [0.05, 0.1) is 0 Å². The Balaban J connectivity index is 0.00000225. The Labute approximate surface area is 169 Å². The standard InChI is InChI=1S/C20H30N4.HI/c1-16-7-5-9-18(13-16)23-20(21-2)22-15-17-8-6-10-19(14-17)24-11-3-4-12-24;/h3-4,6,8,10,14,16,18H,5,7,9,11-13,15H2,1-2H3,(H2,21,22,23);1H. The first-order valence-electron chi connectivity index (χ1n) is 9.20. The second kappa shape index (κ2) is 10.0. The van der Waals surface area contributed by atoms with Crippen molar-refractivity contribution >= 4 is 35.6 Å². The van der Waals surface area contributed by atoms with Crippen LogP contribution in [0.3, 0.4) is 0 Å². The predicted molar refractivity (Wildman–Crippen MR) is 118 cm³/mol. The molecule has 0 aromatic heterocycles. The van der Waals surface area contributed by atoms with E-state index in [1.54, 1.807) is 0 Å². The molecular formula is C20H31IN4. The summed E-state index contributed by atoms with van der Waals surface area (Å²) in [6, 6.07) is 9.34. The Morgan fingerprint density at radius 3 is 2.76 bits per heavy atom. The van der Waals surface area contributed by atoms with Gasteiger partial charge in [-0.1, -0.05) is 44.1 Å². The van der Waals surface area contributed by atoms with E-state index >= 15 is 0 Å². The average Bonchev–Trinajstić information content (AvgIpc) is 3.13. The van der Waals surface area contributed by atoms with Crippen LogP contribution in [0.4, 0.5) is 5.69 Å². The number of halogens is 1. The number of hydrogen-bond donors (Lipinski definition) is 2. The monoisotopic (exact) mass is 454 g/mol. The van der Waals surface area contributed by atoms with Gasteiger partial charge in [0, 0.05) is 38.4 Å². The molecule has 0 bridgehead atoms. The molecule has 1 aliphatic heterocycles. The summed E-state index contributed by atoms with van der Waals surface area (Å²) in [5.41, 5.74) is 2.59. The van der Waals surface area contributed by atoms with Gasteiger partial charge in [-0.15, -0.1) is 24.0 Å². The summed E-state index contributed by atoms with van der Waals surface area (Å²) in [6.45, 7) is 5.18. The van der Waals surface area contributed by atoms with Crippen molar-refractivity contribution in [2.45, 2.75) is 45.2 Å². The van der Waals surface area contributed by atoms with E-state index in [4.69, 9.17) is 0 Å². The maximum absolute atomic E-state index is 4.40. The van der Waals surface area contributed by atoms with Crippen LogP contribution in [0.5, 0.6) is 0 Å². The summed E-state index contributed by atoms with van der Waals surface area (Å²) in [7, 11) is 1.86. The van der Waals surface area contributed by atoms with Crippen LogP contribution < -0.4 is 15.5 Å². The van der Waals surface area contributed by atoms with Crippen molar-refractivity contribution in [3.8, 4) is 0 Å². The SMILES string of the molecule is CN=C(NCc1cccc(N2CC=CC2)c1)NC1CCCC(C)C1.I. The van der Waals surface area contributed by atoms with Gasteiger partial charge >= 0.3 is 0 Å². The van der Waals surface area contributed by atoms with Crippen molar-refractivity contribution in [1.82, 2.24) is 10.6 Å². The van der Waals surface area contributed by atoms with Gasteiger partial charge in [-0.25, -0.2) is 0 Å². The van der Waals surface area contributed by atoms with Gasteiger partial charge in [0.1, 0.15) is 0 Å². The minimum atomic E-state index is 0. The zero-order chi connectivity index (χ0) is 16.8. The van der Waals surface area contributed by atoms with Crippen LogP contribution in [0.15, 0.2) is 41.4 Å². The first-order chi connectivity index (χ1) is 11.7. The molecule has 1 fully saturated rings. The second-order valence-electron chi connectivity index (χ2n) is 7.09. The van der Waals surface area contributed by atoms with E-state index in [0.717, 1.165) is 31.5 Å². The molecule has 0 spiro atoms. The minimum absolute atomic E-state index is 0. The average molecular weight is 454 g/mol. The summed E-state index contributed by atoms with van der Waals surface area (Å²) in [5.74, 6) is 1.74. The highest BCUT2D eigenvalue weighted by molar-refractivity contribution is 14.0. The van der Waals surface area contributed by atoms with Crippen LogP contribution in [-0.2, 0) is 6.54 Å². The molecule has 2 aliphatic rings. The van der Waals surface area contributed by atoms with Gasteiger partial charge in [-0.2, -0.15) is 0 Å². The topological polar surface area (TPSA) is 39.7 Å². The van der Waals surface area contributed by atoms with E-state index in [1.807, 2.05) is 7.05 Å². The largest absolute Gasteiger partial charge is 0.364 e. The fourth-order valence-corrected chi connectivity index (χ4v) is 3.69. The number of hydrogen-bond acceptors (Lipinski definition) is 2. The number of benzene rings is 1. The van der Waals surface area contributed by atoms with Crippen LogP contribution in [0.25, 0.3) is 0 Å². The third kappa shape index (κ3) is 5.90. The molecule has 4 nitrogen and oxygen atoms in total. The first kappa shape index (κ1) is 20.1. The Kier molecular flexibility index (Phi) is 8.06. The molecule has 5 heteroatoms. The van der Waals surface area contributed by atoms with Crippen LogP contribution in [0.2, 0.25) is 0 Å². The summed E-state index contributed by atoms with van der Waals surface area (Å²) in [4.78, 5) is 6.77. The molecule has 1 aromatic carbocycles. The van der Waals surface area contributed by atoms with Crippen LogP contribution >= 0.6 is 24.0 Å². The molecule has 25 heavy (non-hydrogen) atoms. The Hall–Kier alpha value is -1.24. The van der Waals surface area contributed by atoms with E-state index in [0.29, 0.717) is 6.04 Å². The molecule has 0 radical (unpaired) electrons. The van der Waals surface area contributed by atoms with Gasteiger partial charge in [-0.05, 0) is 36.5 Å². The lowest BCUT2D eigenvalue weighted by Gasteiger charge is -2.28. The Morgan fingerprint density at radius 1 is 1.24 bits per heavy atom. The van der Waals surface area contributed by atoms with Gasteiger partial charge in [0.15, 0.2) is 5.96 Å². The lowest BCUT2D eigenvalue weighted by Crippen LogP contribution is -2.44. The second-order valence-corrected chi connectivity index (χ2v) is 7.09. The van der Waals surface area contributed by atoms with E-state index in [2.05, 4.69) is 63.9 Å². The van der Waals surface area contributed by atoms with Crippen molar-refractivity contribution in [2.75, 3.05) is 25.0 Å². The number of aliphatic imine (C=N–C) groups is 1. The van der Waals surface area contributed by atoms with Gasteiger partial charge in [0.2, 0.25) is 0 Å². The maximum Gasteiger partial charge on any atom is 0.191 e. The summed E-state index contributed by atoms with van der Waals surface area (Å²) >= 11 is 0. The lowest BCUT2D eigenvalue weighted by atomic mass is 9.87. The van der Waals surface area contributed by atoms with E-state index in [-0.39, 0.29) is 24.0 Å². The highest BCUT2D eigenvalue weighted by Gasteiger charge is 2.19.